The Hall–Kier alpha value is -2.08. The van der Waals surface area contributed by atoms with Crippen LogP contribution in [0.2, 0.25) is 0 Å². The largest absolute Gasteiger partial charge is 0.463 e. The summed E-state index contributed by atoms with van der Waals surface area (Å²) in [6.45, 7) is 7.75. The molecular weight excluding hydrogens is 334 g/mol. The molecule has 0 saturated carbocycles. The fraction of sp³-hybridized carbons (Fsp3) is 0.600. The van der Waals surface area contributed by atoms with Gasteiger partial charge in [-0.15, -0.1) is 0 Å². The fourth-order valence-corrected chi connectivity index (χ4v) is 2.43. The van der Waals surface area contributed by atoms with Gasteiger partial charge in [-0.05, 0) is 24.3 Å². The highest BCUT2D eigenvalue weighted by Crippen LogP contribution is 2.26. The van der Waals surface area contributed by atoms with Crippen LogP contribution in [0, 0.1) is 11.3 Å². The van der Waals surface area contributed by atoms with Crippen molar-refractivity contribution in [3.05, 3.63) is 35.9 Å². The van der Waals surface area contributed by atoms with Crippen LogP contribution in [-0.4, -0.2) is 36.4 Å². The van der Waals surface area contributed by atoms with Crippen LogP contribution in [0.1, 0.15) is 46.1 Å². The number of benzene rings is 1. The van der Waals surface area contributed by atoms with Crippen molar-refractivity contribution < 1.29 is 24.2 Å². The van der Waals surface area contributed by atoms with Crippen molar-refractivity contribution in [1.29, 1.82) is 0 Å². The number of nitrogens with one attached hydrogen (secondary N) is 1. The van der Waals surface area contributed by atoms with Gasteiger partial charge in [0.25, 0.3) is 0 Å². The zero-order chi connectivity index (χ0) is 19.6. The normalized spacial score (nSPS) is 12.5. The summed E-state index contributed by atoms with van der Waals surface area (Å²) in [6, 6.07) is 8.51. The molecule has 0 heterocycles. The molecule has 0 radical (unpaired) electrons. The molecule has 146 valence electrons. The number of hydrogen-bond donors (Lipinski definition) is 2. The van der Waals surface area contributed by atoms with E-state index in [2.05, 4.69) is 5.32 Å². The lowest BCUT2D eigenvalue weighted by Crippen LogP contribution is -2.46. The number of alkyl carbamates (subject to hydrolysis) is 1. The van der Waals surface area contributed by atoms with Crippen LogP contribution in [0.5, 0.6) is 0 Å². The highest BCUT2D eigenvalue weighted by atomic mass is 16.6. The maximum Gasteiger partial charge on any atom is 0.408 e. The highest BCUT2D eigenvalue weighted by Gasteiger charge is 2.31. The number of esters is 1. The molecule has 1 rings (SSSR count). The Morgan fingerprint density at radius 1 is 1.12 bits per heavy atom. The van der Waals surface area contributed by atoms with Crippen LogP contribution in [0.3, 0.4) is 0 Å². The topological polar surface area (TPSA) is 84.9 Å². The summed E-state index contributed by atoms with van der Waals surface area (Å²) in [6.07, 6.45) is 0.738. The Morgan fingerprint density at radius 3 is 2.23 bits per heavy atom. The molecule has 0 unspecified atom stereocenters. The number of carbonyl (C=O) groups is 2. The van der Waals surface area contributed by atoms with Crippen molar-refractivity contribution in [2.24, 2.45) is 11.3 Å². The van der Waals surface area contributed by atoms with E-state index < -0.39 is 23.5 Å². The number of hydrogen-bond acceptors (Lipinski definition) is 5. The van der Waals surface area contributed by atoms with Gasteiger partial charge in [-0.25, -0.2) is 9.59 Å². The molecule has 0 spiro atoms. The van der Waals surface area contributed by atoms with Gasteiger partial charge in [0, 0.05) is 5.41 Å². The molecule has 6 nitrogen and oxygen atoms in total. The van der Waals surface area contributed by atoms with Gasteiger partial charge in [0.05, 0.1) is 13.2 Å². The summed E-state index contributed by atoms with van der Waals surface area (Å²) in [7, 11) is 0. The first kappa shape index (κ1) is 22.0. The standard InChI is InChI=1S/C20H31NO5/c1-5-20(6-2,13-22)14-26-18(23)17(15(3)4)21-19(24)25-12-16-10-8-7-9-11-16/h7-11,15,17,22H,5-6,12-14H2,1-4H3,(H,21,24)/t17-/m0/s1. The van der Waals surface area contributed by atoms with Crippen molar-refractivity contribution in [2.45, 2.75) is 53.2 Å². The predicted octanol–water partition coefficient (Wildman–Crippen LogP) is 3.28. The van der Waals surface area contributed by atoms with Crippen LogP contribution in [0.4, 0.5) is 4.79 Å². The first-order valence-corrected chi connectivity index (χ1v) is 9.12. The van der Waals surface area contributed by atoms with E-state index in [1.54, 1.807) is 0 Å². The van der Waals surface area contributed by atoms with Crippen molar-refractivity contribution >= 4 is 12.1 Å². The van der Waals surface area contributed by atoms with E-state index >= 15 is 0 Å². The molecule has 2 N–H and O–H groups in total. The Labute approximate surface area is 155 Å². The monoisotopic (exact) mass is 365 g/mol. The number of amides is 1. The average Bonchev–Trinajstić information content (AvgIpc) is 2.66. The van der Waals surface area contributed by atoms with Crippen LogP contribution in [0.15, 0.2) is 30.3 Å². The fourth-order valence-electron chi connectivity index (χ4n) is 2.43. The van der Waals surface area contributed by atoms with Gasteiger partial charge in [-0.3, -0.25) is 0 Å². The van der Waals surface area contributed by atoms with Gasteiger partial charge in [-0.2, -0.15) is 0 Å². The predicted molar refractivity (Wildman–Crippen MR) is 99.4 cm³/mol. The van der Waals surface area contributed by atoms with Crippen LogP contribution in [-0.2, 0) is 20.9 Å². The second kappa shape index (κ2) is 10.8. The van der Waals surface area contributed by atoms with E-state index in [0.29, 0.717) is 12.8 Å². The molecule has 0 aliphatic rings. The zero-order valence-corrected chi connectivity index (χ0v) is 16.2. The van der Waals surface area contributed by atoms with Gasteiger partial charge in [0.15, 0.2) is 0 Å². The zero-order valence-electron chi connectivity index (χ0n) is 16.2. The van der Waals surface area contributed by atoms with E-state index in [9.17, 15) is 14.7 Å². The summed E-state index contributed by atoms with van der Waals surface area (Å²) in [5.74, 6) is -0.671. The van der Waals surface area contributed by atoms with Crippen molar-refractivity contribution in [1.82, 2.24) is 5.32 Å². The Bertz CT molecular complexity index is 546. The minimum absolute atomic E-state index is 0.0494. The van der Waals surface area contributed by atoms with Crippen LogP contribution < -0.4 is 5.32 Å². The molecule has 0 aliphatic carbocycles. The summed E-state index contributed by atoms with van der Waals surface area (Å²) < 4.78 is 10.6. The Balaban J connectivity index is 2.58. The van der Waals surface area contributed by atoms with Crippen LogP contribution in [0.25, 0.3) is 0 Å². The summed E-state index contributed by atoms with van der Waals surface area (Å²) >= 11 is 0. The quantitative estimate of drug-likeness (QED) is 0.622. The molecule has 26 heavy (non-hydrogen) atoms. The molecule has 1 aromatic rings. The van der Waals surface area contributed by atoms with E-state index in [1.165, 1.54) is 0 Å². The van der Waals surface area contributed by atoms with Gasteiger partial charge in [0.2, 0.25) is 0 Å². The van der Waals surface area contributed by atoms with E-state index in [-0.39, 0.29) is 25.7 Å². The first-order chi connectivity index (χ1) is 12.4. The Kier molecular flexibility index (Phi) is 9.13. The van der Waals surface area contributed by atoms with Crippen LogP contribution >= 0.6 is 0 Å². The third kappa shape index (κ3) is 6.67. The number of ether oxygens (including phenoxy) is 2. The van der Waals surface area contributed by atoms with E-state index in [0.717, 1.165) is 5.56 Å². The second-order valence-electron chi connectivity index (χ2n) is 6.90. The molecular formula is C20H31NO5. The Morgan fingerprint density at radius 2 is 1.73 bits per heavy atom. The minimum atomic E-state index is -0.802. The molecule has 0 aliphatic heterocycles. The number of carbonyl (C=O) groups excluding carboxylic acids is 2. The van der Waals surface area contributed by atoms with Crippen molar-refractivity contribution in [2.75, 3.05) is 13.2 Å². The molecule has 0 fully saturated rings. The summed E-state index contributed by atoms with van der Waals surface area (Å²) in [5, 5.41) is 12.2. The van der Waals surface area contributed by atoms with Crippen molar-refractivity contribution in [3.8, 4) is 0 Å². The molecule has 6 heteroatoms. The number of aliphatic hydroxyl groups excluding tert-OH is 1. The molecule has 0 aromatic heterocycles. The first-order valence-electron chi connectivity index (χ1n) is 9.12. The maximum absolute atomic E-state index is 12.4. The summed E-state index contributed by atoms with van der Waals surface area (Å²) in [5.41, 5.74) is 0.426. The summed E-state index contributed by atoms with van der Waals surface area (Å²) in [4.78, 5) is 24.4. The number of rotatable bonds is 10. The molecule has 0 bridgehead atoms. The van der Waals surface area contributed by atoms with E-state index in [4.69, 9.17) is 9.47 Å². The van der Waals surface area contributed by atoms with Gasteiger partial charge >= 0.3 is 12.1 Å². The average molecular weight is 365 g/mol. The lowest BCUT2D eigenvalue weighted by molar-refractivity contribution is -0.152. The minimum Gasteiger partial charge on any atom is -0.463 e. The lowest BCUT2D eigenvalue weighted by Gasteiger charge is -2.30. The maximum atomic E-state index is 12.4. The molecule has 1 amide bonds. The number of aliphatic hydroxyl groups is 1. The lowest BCUT2D eigenvalue weighted by atomic mass is 9.84. The highest BCUT2D eigenvalue weighted by molar-refractivity contribution is 5.81. The van der Waals surface area contributed by atoms with E-state index in [1.807, 2.05) is 58.0 Å². The third-order valence-electron chi connectivity index (χ3n) is 4.76. The molecule has 1 aromatic carbocycles. The second-order valence-corrected chi connectivity index (χ2v) is 6.90. The van der Waals surface area contributed by atoms with Gasteiger partial charge in [-0.1, -0.05) is 58.0 Å². The van der Waals surface area contributed by atoms with Gasteiger partial charge < -0.3 is 19.9 Å². The van der Waals surface area contributed by atoms with Crippen molar-refractivity contribution in [3.63, 3.8) is 0 Å². The molecule has 0 saturated heterocycles. The van der Waals surface area contributed by atoms with Gasteiger partial charge in [0.1, 0.15) is 12.6 Å². The molecule has 1 atom stereocenters. The third-order valence-corrected chi connectivity index (χ3v) is 4.76. The smallest absolute Gasteiger partial charge is 0.408 e. The SMILES string of the molecule is CCC(CC)(CO)COC(=O)[C@@H](NC(=O)OCc1ccccc1)C(C)C.